The molecule has 1 aromatic heterocycles. The van der Waals surface area contributed by atoms with Gasteiger partial charge in [0.2, 0.25) is 0 Å². The summed E-state index contributed by atoms with van der Waals surface area (Å²) in [7, 11) is 0. The van der Waals surface area contributed by atoms with Gasteiger partial charge in [-0.25, -0.2) is 4.98 Å². The smallest absolute Gasteiger partial charge is 0.200 e. The van der Waals surface area contributed by atoms with Gasteiger partial charge in [0, 0.05) is 26.0 Å². The first-order valence-electron chi connectivity index (χ1n) is 5.61. The number of unbranched alkanes of at least 4 members (excludes halogenated alkanes) is 1. The number of ether oxygens (including phenoxy) is 1. The van der Waals surface area contributed by atoms with Crippen molar-refractivity contribution in [1.82, 2.24) is 9.55 Å². The summed E-state index contributed by atoms with van der Waals surface area (Å²) in [6, 6.07) is 0. The Morgan fingerprint density at radius 2 is 2.13 bits per heavy atom. The molecule has 0 fully saturated rings. The quantitative estimate of drug-likeness (QED) is 0.702. The number of nitrogens with zero attached hydrogens (tertiary/aromatic N) is 2. The van der Waals surface area contributed by atoms with Crippen LogP contribution in [0.4, 0.5) is 5.95 Å². The van der Waals surface area contributed by atoms with E-state index >= 15 is 0 Å². The highest BCUT2D eigenvalue weighted by molar-refractivity contribution is 5.20. The van der Waals surface area contributed by atoms with Crippen LogP contribution in [0.3, 0.4) is 0 Å². The van der Waals surface area contributed by atoms with Crippen molar-refractivity contribution in [3.8, 4) is 0 Å². The van der Waals surface area contributed by atoms with Crippen LogP contribution in [0.15, 0.2) is 6.20 Å². The van der Waals surface area contributed by atoms with Crippen LogP contribution in [0.2, 0.25) is 0 Å². The summed E-state index contributed by atoms with van der Waals surface area (Å²) < 4.78 is 7.44. The van der Waals surface area contributed by atoms with E-state index in [1.807, 2.05) is 17.7 Å². The van der Waals surface area contributed by atoms with Crippen LogP contribution in [-0.4, -0.2) is 22.8 Å². The largest absolute Gasteiger partial charge is 0.381 e. The standard InChI is InChI=1S/C11H21N3O/c1-3-4-7-15-8-5-6-14-9-10(2)13-11(14)12/h9H,3-8H2,1-2H3,(H2,12,13). The van der Waals surface area contributed by atoms with Gasteiger partial charge in [-0.2, -0.15) is 0 Å². The minimum atomic E-state index is 0.598. The van der Waals surface area contributed by atoms with E-state index in [0.717, 1.165) is 38.3 Å². The second kappa shape index (κ2) is 6.45. The van der Waals surface area contributed by atoms with Gasteiger partial charge >= 0.3 is 0 Å². The summed E-state index contributed by atoms with van der Waals surface area (Å²) in [6.45, 7) is 6.67. The van der Waals surface area contributed by atoms with Crippen LogP contribution in [0.25, 0.3) is 0 Å². The van der Waals surface area contributed by atoms with Crippen molar-refractivity contribution in [2.75, 3.05) is 18.9 Å². The Kier molecular flexibility index (Phi) is 5.18. The maximum Gasteiger partial charge on any atom is 0.200 e. The molecule has 0 unspecified atom stereocenters. The van der Waals surface area contributed by atoms with E-state index in [1.165, 1.54) is 6.42 Å². The van der Waals surface area contributed by atoms with Gasteiger partial charge < -0.3 is 15.0 Å². The third-order valence-corrected chi connectivity index (χ3v) is 2.26. The number of hydrogen-bond donors (Lipinski definition) is 1. The molecular weight excluding hydrogens is 190 g/mol. The Bertz CT molecular complexity index is 283. The van der Waals surface area contributed by atoms with E-state index in [2.05, 4.69) is 11.9 Å². The number of rotatable bonds is 7. The van der Waals surface area contributed by atoms with Crippen molar-refractivity contribution in [1.29, 1.82) is 0 Å². The first kappa shape index (κ1) is 12.0. The fourth-order valence-electron chi connectivity index (χ4n) is 1.43. The zero-order chi connectivity index (χ0) is 11.1. The van der Waals surface area contributed by atoms with Gasteiger partial charge in [-0.3, -0.25) is 0 Å². The third-order valence-electron chi connectivity index (χ3n) is 2.26. The first-order valence-corrected chi connectivity index (χ1v) is 5.61. The van der Waals surface area contributed by atoms with Gasteiger partial charge in [0.05, 0.1) is 5.69 Å². The molecule has 0 aromatic carbocycles. The van der Waals surface area contributed by atoms with E-state index in [1.54, 1.807) is 0 Å². The van der Waals surface area contributed by atoms with Gasteiger partial charge in [-0.05, 0) is 19.8 Å². The molecule has 0 spiro atoms. The monoisotopic (exact) mass is 211 g/mol. The second-order valence-electron chi connectivity index (χ2n) is 3.75. The predicted molar refractivity (Wildman–Crippen MR) is 61.7 cm³/mol. The summed E-state index contributed by atoms with van der Waals surface area (Å²) in [6.07, 6.45) is 5.30. The van der Waals surface area contributed by atoms with E-state index < -0.39 is 0 Å². The van der Waals surface area contributed by atoms with Crippen molar-refractivity contribution >= 4 is 5.95 Å². The SMILES string of the molecule is CCCCOCCCn1cc(C)nc1N. The molecule has 0 amide bonds. The highest BCUT2D eigenvalue weighted by Crippen LogP contribution is 2.04. The summed E-state index contributed by atoms with van der Waals surface area (Å²) in [5.74, 6) is 0.598. The van der Waals surface area contributed by atoms with Crippen molar-refractivity contribution in [3.05, 3.63) is 11.9 Å². The van der Waals surface area contributed by atoms with Crippen LogP contribution < -0.4 is 5.73 Å². The molecule has 0 aliphatic rings. The zero-order valence-electron chi connectivity index (χ0n) is 9.70. The lowest BCUT2D eigenvalue weighted by molar-refractivity contribution is 0.126. The summed E-state index contributed by atoms with van der Waals surface area (Å²) in [5.41, 5.74) is 6.69. The Hall–Kier alpha value is -1.03. The van der Waals surface area contributed by atoms with Gasteiger partial charge in [-0.15, -0.1) is 0 Å². The van der Waals surface area contributed by atoms with Crippen LogP contribution in [-0.2, 0) is 11.3 Å². The number of anilines is 1. The van der Waals surface area contributed by atoms with Crippen molar-refractivity contribution < 1.29 is 4.74 Å². The molecule has 0 saturated carbocycles. The fraction of sp³-hybridized carbons (Fsp3) is 0.727. The average Bonchev–Trinajstić information content (AvgIpc) is 2.51. The third kappa shape index (κ3) is 4.34. The highest BCUT2D eigenvalue weighted by Gasteiger charge is 2.00. The van der Waals surface area contributed by atoms with Gasteiger partial charge in [0.1, 0.15) is 0 Å². The van der Waals surface area contributed by atoms with Crippen LogP contribution >= 0.6 is 0 Å². The minimum Gasteiger partial charge on any atom is -0.381 e. The molecule has 0 bridgehead atoms. The molecule has 0 aliphatic carbocycles. The maximum atomic E-state index is 5.71. The first-order chi connectivity index (χ1) is 7.24. The van der Waals surface area contributed by atoms with Gasteiger partial charge in [0.15, 0.2) is 5.95 Å². The number of nitrogen functional groups attached to an aromatic ring is 1. The zero-order valence-corrected chi connectivity index (χ0v) is 9.70. The van der Waals surface area contributed by atoms with Gasteiger partial charge in [0.25, 0.3) is 0 Å². The van der Waals surface area contributed by atoms with Crippen molar-refractivity contribution in [3.63, 3.8) is 0 Å². The molecule has 2 N–H and O–H groups in total. The molecule has 1 rings (SSSR count). The number of aryl methyl sites for hydroxylation is 2. The molecule has 0 aliphatic heterocycles. The fourth-order valence-corrected chi connectivity index (χ4v) is 1.43. The second-order valence-corrected chi connectivity index (χ2v) is 3.75. The lowest BCUT2D eigenvalue weighted by atomic mass is 10.3. The molecule has 4 heteroatoms. The number of nitrogens with two attached hydrogens (primary N) is 1. The van der Waals surface area contributed by atoms with Crippen LogP contribution in [0, 0.1) is 6.92 Å². The molecule has 0 radical (unpaired) electrons. The Morgan fingerprint density at radius 1 is 1.40 bits per heavy atom. The highest BCUT2D eigenvalue weighted by atomic mass is 16.5. The molecular formula is C11H21N3O. The molecule has 1 heterocycles. The molecule has 0 atom stereocenters. The molecule has 4 nitrogen and oxygen atoms in total. The van der Waals surface area contributed by atoms with E-state index in [0.29, 0.717) is 5.95 Å². The normalized spacial score (nSPS) is 10.8. The Balaban J connectivity index is 2.12. The predicted octanol–water partition coefficient (Wildman–Crippen LogP) is 1.98. The van der Waals surface area contributed by atoms with E-state index in [9.17, 15) is 0 Å². The lowest BCUT2D eigenvalue weighted by Crippen LogP contribution is -2.05. The van der Waals surface area contributed by atoms with Gasteiger partial charge in [-0.1, -0.05) is 13.3 Å². The van der Waals surface area contributed by atoms with E-state index in [-0.39, 0.29) is 0 Å². The minimum absolute atomic E-state index is 0.598. The Labute approximate surface area is 91.4 Å². The maximum absolute atomic E-state index is 5.71. The summed E-state index contributed by atoms with van der Waals surface area (Å²) >= 11 is 0. The van der Waals surface area contributed by atoms with Crippen LogP contribution in [0.5, 0.6) is 0 Å². The molecule has 1 aromatic rings. The summed E-state index contributed by atoms with van der Waals surface area (Å²) in [4.78, 5) is 4.14. The Morgan fingerprint density at radius 3 is 2.73 bits per heavy atom. The average molecular weight is 211 g/mol. The topological polar surface area (TPSA) is 53.1 Å². The van der Waals surface area contributed by atoms with Crippen LogP contribution in [0.1, 0.15) is 31.9 Å². The summed E-state index contributed by atoms with van der Waals surface area (Å²) in [5, 5.41) is 0. The number of aromatic nitrogens is 2. The molecule has 15 heavy (non-hydrogen) atoms. The molecule has 0 saturated heterocycles. The number of hydrogen-bond acceptors (Lipinski definition) is 3. The van der Waals surface area contributed by atoms with Crippen molar-refractivity contribution in [2.24, 2.45) is 0 Å². The number of imidazole rings is 1. The lowest BCUT2D eigenvalue weighted by Gasteiger charge is -2.05. The van der Waals surface area contributed by atoms with Crippen molar-refractivity contribution in [2.45, 2.75) is 39.7 Å². The molecule has 86 valence electrons. The van der Waals surface area contributed by atoms with E-state index in [4.69, 9.17) is 10.5 Å².